The van der Waals surface area contributed by atoms with Crippen LogP contribution in [0.1, 0.15) is 67.2 Å². The van der Waals surface area contributed by atoms with Crippen molar-refractivity contribution in [3.8, 4) is 0 Å². The predicted molar refractivity (Wildman–Crippen MR) is 181 cm³/mol. The second-order valence-electron chi connectivity index (χ2n) is 11.6. The number of aryl methyl sites for hydroxylation is 1. The Hall–Kier alpha value is -3.41. The van der Waals surface area contributed by atoms with Crippen LogP contribution in [0.3, 0.4) is 0 Å². The quantitative estimate of drug-likeness (QED) is 0.131. The van der Waals surface area contributed by atoms with Crippen molar-refractivity contribution in [3.63, 3.8) is 0 Å². The van der Waals surface area contributed by atoms with Crippen LogP contribution in [0.5, 0.6) is 0 Å². The standard InChI is InChI=1S/C33H46N6O3S2/c1-7-22(2)28(37-31(41)29(35-5)33(3,4)24-12-9-8-10-13-24)32(42)39(6)19-11-14-27-36-26(21-43-27)30(40)38-44-20-23-15-17-25(34)18-16-23/h8-10,12-13,15-18,21-22,28-29,35H,7,11,14,19-20,34H2,1-6H3,(H,37,41)(H,38,40). The zero-order valence-corrected chi connectivity index (χ0v) is 28.2. The first kappa shape index (κ1) is 35.1. The average Bonchev–Trinajstić information content (AvgIpc) is 3.49. The van der Waals surface area contributed by atoms with Crippen LogP contribution in [0.25, 0.3) is 0 Å². The molecule has 0 saturated carbocycles. The summed E-state index contributed by atoms with van der Waals surface area (Å²) in [7, 11) is 3.54. The van der Waals surface area contributed by atoms with Gasteiger partial charge >= 0.3 is 0 Å². The van der Waals surface area contributed by atoms with Crippen molar-refractivity contribution < 1.29 is 14.4 Å². The van der Waals surface area contributed by atoms with Crippen LogP contribution >= 0.6 is 23.3 Å². The van der Waals surface area contributed by atoms with Gasteiger partial charge in [0.25, 0.3) is 5.91 Å². The fourth-order valence-corrected chi connectivity index (χ4v) is 6.46. The molecule has 2 aromatic carbocycles. The molecule has 44 heavy (non-hydrogen) atoms. The molecule has 0 bridgehead atoms. The molecular weight excluding hydrogens is 593 g/mol. The van der Waals surface area contributed by atoms with Crippen molar-refractivity contribution in [1.82, 2.24) is 25.2 Å². The van der Waals surface area contributed by atoms with Crippen molar-refractivity contribution >= 4 is 46.7 Å². The first-order valence-electron chi connectivity index (χ1n) is 15.0. The largest absolute Gasteiger partial charge is 0.399 e. The highest BCUT2D eigenvalue weighted by Gasteiger charge is 2.38. The zero-order chi connectivity index (χ0) is 32.3. The molecule has 9 nitrogen and oxygen atoms in total. The van der Waals surface area contributed by atoms with Gasteiger partial charge in [-0.25, -0.2) is 4.98 Å². The van der Waals surface area contributed by atoms with Crippen LogP contribution in [0.2, 0.25) is 0 Å². The Labute approximate surface area is 269 Å². The number of likely N-dealkylation sites (N-methyl/N-ethyl adjacent to an activating group) is 2. The number of anilines is 1. The first-order chi connectivity index (χ1) is 21.0. The Kier molecular flexibility index (Phi) is 13.2. The molecule has 238 valence electrons. The topological polar surface area (TPSA) is 129 Å². The van der Waals surface area contributed by atoms with E-state index in [1.165, 1.54) is 23.3 Å². The molecule has 3 rings (SSSR count). The van der Waals surface area contributed by atoms with Crippen molar-refractivity contribution in [1.29, 1.82) is 0 Å². The number of nitrogen functional groups attached to an aromatic ring is 1. The summed E-state index contributed by atoms with van der Waals surface area (Å²) >= 11 is 2.75. The lowest BCUT2D eigenvalue weighted by molar-refractivity contribution is -0.137. The maximum atomic E-state index is 13.6. The third-order valence-electron chi connectivity index (χ3n) is 8.00. The lowest BCUT2D eigenvalue weighted by Gasteiger charge is -2.36. The van der Waals surface area contributed by atoms with Gasteiger partial charge in [0.2, 0.25) is 11.8 Å². The van der Waals surface area contributed by atoms with Gasteiger partial charge in [-0.15, -0.1) is 11.3 Å². The van der Waals surface area contributed by atoms with Gasteiger partial charge < -0.3 is 21.3 Å². The molecule has 0 aliphatic heterocycles. The van der Waals surface area contributed by atoms with Gasteiger partial charge in [0.1, 0.15) is 11.7 Å². The lowest BCUT2D eigenvalue weighted by atomic mass is 9.77. The van der Waals surface area contributed by atoms with E-state index in [0.29, 0.717) is 36.5 Å². The summed E-state index contributed by atoms with van der Waals surface area (Å²) in [6.07, 6.45) is 2.07. The van der Waals surface area contributed by atoms with Crippen LogP contribution in [-0.4, -0.2) is 60.3 Å². The van der Waals surface area contributed by atoms with Crippen molar-refractivity contribution in [2.24, 2.45) is 5.92 Å². The fourth-order valence-electron chi connectivity index (χ4n) is 4.97. The molecule has 3 atom stereocenters. The molecule has 11 heteroatoms. The minimum Gasteiger partial charge on any atom is -0.399 e. The molecule has 3 amide bonds. The van der Waals surface area contributed by atoms with Crippen LogP contribution in [-0.2, 0) is 27.2 Å². The normalized spacial score (nSPS) is 13.5. The third kappa shape index (κ3) is 9.54. The smallest absolute Gasteiger partial charge is 0.280 e. The van der Waals surface area contributed by atoms with Gasteiger partial charge in [-0.05, 0) is 54.6 Å². The summed E-state index contributed by atoms with van der Waals surface area (Å²) in [4.78, 5) is 45.9. The second-order valence-corrected chi connectivity index (χ2v) is 13.4. The Morgan fingerprint density at radius 2 is 1.77 bits per heavy atom. The molecule has 1 heterocycles. The van der Waals surface area contributed by atoms with E-state index in [4.69, 9.17) is 5.73 Å². The number of hydrogen-bond acceptors (Lipinski definition) is 8. The molecule has 0 aliphatic rings. The number of thiazole rings is 1. The Bertz CT molecular complexity index is 1360. The Morgan fingerprint density at radius 3 is 2.41 bits per heavy atom. The highest BCUT2D eigenvalue weighted by Crippen LogP contribution is 2.27. The van der Waals surface area contributed by atoms with E-state index in [2.05, 4.69) is 20.3 Å². The third-order valence-corrected chi connectivity index (χ3v) is 9.71. The molecular formula is C33H46N6O3S2. The molecule has 0 radical (unpaired) electrons. The SMILES string of the molecule is CCC(C)C(NC(=O)C(NC)C(C)(C)c1ccccc1)C(=O)N(C)CCCc1nc(C(=O)NSCc2ccc(N)cc2)cs1. The molecule has 3 unspecified atom stereocenters. The Morgan fingerprint density at radius 1 is 1.09 bits per heavy atom. The van der Waals surface area contributed by atoms with Crippen LogP contribution in [0, 0.1) is 5.92 Å². The highest BCUT2D eigenvalue weighted by atomic mass is 32.2. The first-order valence-corrected chi connectivity index (χ1v) is 16.8. The van der Waals surface area contributed by atoms with E-state index in [9.17, 15) is 14.4 Å². The van der Waals surface area contributed by atoms with Crippen molar-refractivity contribution in [2.75, 3.05) is 26.4 Å². The van der Waals surface area contributed by atoms with Gasteiger partial charge in [-0.1, -0.05) is 76.6 Å². The number of nitrogens with one attached hydrogen (secondary N) is 3. The number of carbonyl (C=O) groups excluding carboxylic acids is 3. The van der Waals surface area contributed by atoms with Crippen molar-refractivity contribution in [3.05, 3.63) is 81.8 Å². The van der Waals surface area contributed by atoms with Crippen LogP contribution in [0.4, 0.5) is 5.69 Å². The molecule has 5 N–H and O–H groups in total. The number of hydrogen-bond donors (Lipinski definition) is 4. The van der Waals surface area contributed by atoms with Gasteiger partial charge in [-0.3, -0.25) is 19.1 Å². The summed E-state index contributed by atoms with van der Waals surface area (Å²) < 4.78 is 2.84. The van der Waals surface area contributed by atoms with Gasteiger partial charge in [-0.2, -0.15) is 0 Å². The molecule has 1 aromatic heterocycles. The Balaban J connectivity index is 1.52. The van der Waals surface area contributed by atoms with E-state index in [1.807, 2.05) is 82.3 Å². The predicted octanol–water partition coefficient (Wildman–Crippen LogP) is 4.79. The maximum absolute atomic E-state index is 13.6. The number of benzene rings is 2. The summed E-state index contributed by atoms with van der Waals surface area (Å²) in [6.45, 7) is 8.58. The van der Waals surface area contributed by atoms with Gasteiger partial charge in [0.15, 0.2) is 0 Å². The van der Waals surface area contributed by atoms with E-state index >= 15 is 0 Å². The number of amides is 3. The minimum atomic E-state index is -0.638. The minimum absolute atomic E-state index is 0.0378. The monoisotopic (exact) mass is 638 g/mol. The van der Waals surface area contributed by atoms with Crippen LogP contribution < -0.4 is 21.1 Å². The number of nitrogens with zero attached hydrogens (tertiary/aromatic N) is 2. The fraction of sp³-hybridized carbons (Fsp3) is 0.455. The average molecular weight is 639 g/mol. The molecule has 0 spiro atoms. The lowest BCUT2D eigenvalue weighted by Crippen LogP contribution is -2.59. The zero-order valence-electron chi connectivity index (χ0n) is 26.6. The van der Waals surface area contributed by atoms with Gasteiger partial charge in [0, 0.05) is 42.2 Å². The highest BCUT2D eigenvalue weighted by molar-refractivity contribution is 7.97. The second kappa shape index (κ2) is 16.6. The van der Waals surface area contributed by atoms with E-state index in [0.717, 1.165) is 22.6 Å². The number of nitrogens with two attached hydrogens (primary N) is 1. The number of carbonyl (C=O) groups is 3. The number of aromatic nitrogens is 1. The number of rotatable bonds is 16. The molecule has 3 aromatic rings. The molecule has 0 fully saturated rings. The van der Waals surface area contributed by atoms with E-state index < -0.39 is 17.5 Å². The summed E-state index contributed by atoms with van der Waals surface area (Å²) in [5.74, 6) is 0.0416. The van der Waals surface area contributed by atoms with Gasteiger partial charge in [0.05, 0.1) is 11.0 Å². The van der Waals surface area contributed by atoms with Crippen LogP contribution in [0.15, 0.2) is 60.0 Å². The van der Waals surface area contributed by atoms with Crippen molar-refractivity contribution in [2.45, 2.75) is 70.2 Å². The summed E-state index contributed by atoms with van der Waals surface area (Å²) in [5, 5.41) is 8.85. The summed E-state index contributed by atoms with van der Waals surface area (Å²) in [5.41, 5.74) is 8.42. The maximum Gasteiger partial charge on any atom is 0.280 e. The van der Waals surface area contributed by atoms with E-state index in [-0.39, 0.29) is 23.6 Å². The molecule has 0 aliphatic carbocycles. The van der Waals surface area contributed by atoms with E-state index in [1.54, 1.807) is 24.4 Å². The summed E-state index contributed by atoms with van der Waals surface area (Å²) in [6, 6.07) is 16.3. The molecule has 0 saturated heterocycles.